The molecule has 8 nitrogen and oxygen atoms in total. The van der Waals surface area contributed by atoms with Crippen LogP contribution in [-0.2, 0) is 26.0 Å². The van der Waals surface area contributed by atoms with Crippen molar-refractivity contribution in [3.8, 4) is 6.07 Å². The summed E-state index contributed by atoms with van der Waals surface area (Å²) in [5.41, 5.74) is 2.51. The van der Waals surface area contributed by atoms with E-state index < -0.39 is 22.5 Å². The number of aromatic nitrogens is 1. The Hall–Kier alpha value is -4.20. The standard InChI is InChI=1S/C29H22BrN3O5S/c1-2-37-27(34)18-33(39(35,36)26-7-3-5-21-6-4-14-32-29(21)26)22-12-13-23-24(16-22)38-25(28(23)30)15-19-8-10-20(17-31)11-9-19/h3-14,16H,2,15,18H2,1H3. The number of pyridine rings is 1. The lowest BCUT2D eigenvalue weighted by Crippen LogP contribution is -2.36. The molecule has 0 saturated heterocycles. The zero-order valence-electron chi connectivity index (χ0n) is 20.8. The van der Waals surface area contributed by atoms with Crippen LogP contribution in [0.25, 0.3) is 21.9 Å². The smallest absolute Gasteiger partial charge is 0.326 e. The number of rotatable bonds is 8. The minimum absolute atomic E-state index is 0.0212. The van der Waals surface area contributed by atoms with Crippen LogP contribution < -0.4 is 4.31 Å². The summed E-state index contributed by atoms with van der Waals surface area (Å²) in [5, 5.41) is 10.5. The number of benzene rings is 3. The fourth-order valence-electron chi connectivity index (χ4n) is 4.30. The third-order valence-electron chi connectivity index (χ3n) is 6.16. The summed E-state index contributed by atoms with van der Waals surface area (Å²) in [5.74, 6) is -0.0404. The van der Waals surface area contributed by atoms with E-state index in [0.717, 1.165) is 19.7 Å². The average molecular weight is 604 g/mol. The number of halogens is 1. The summed E-state index contributed by atoms with van der Waals surface area (Å²) >= 11 is 3.60. The third kappa shape index (κ3) is 5.24. The number of hydrogen-bond donors (Lipinski definition) is 0. The van der Waals surface area contributed by atoms with Crippen molar-refractivity contribution < 1.29 is 22.4 Å². The molecule has 2 aromatic heterocycles. The lowest BCUT2D eigenvalue weighted by molar-refractivity contribution is -0.141. The first-order chi connectivity index (χ1) is 18.8. The van der Waals surface area contributed by atoms with Gasteiger partial charge in [0.15, 0.2) is 0 Å². The molecule has 0 unspecified atom stereocenters. The van der Waals surface area contributed by atoms with Gasteiger partial charge in [-0.05, 0) is 64.8 Å². The largest absolute Gasteiger partial charge is 0.465 e. The minimum Gasteiger partial charge on any atom is -0.465 e. The van der Waals surface area contributed by atoms with Crippen LogP contribution in [0.15, 0.2) is 92.8 Å². The zero-order valence-corrected chi connectivity index (χ0v) is 23.2. The van der Waals surface area contributed by atoms with E-state index >= 15 is 0 Å². The number of hydrogen-bond acceptors (Lipinski definition) is 7. The van der Waals surface area contributed by atoms with Crippen LogP contribution in [-0.4, -0.2) is 32.5 Å². The minimum atomic E-state index is -4.23. The van der Waals surface area contributed by atoms with E-state index in [2.05, 4.69) is 27.0 Å². The van der Waals surface area contributed by atoms with E-state index in [1.807, 2.05) is 12.1 Å². The number of ether oxygens (including phenoxy) is 1. The quantitative estimate of drug-likeness (QED) is 0.201. The Morgan fingerprint density at radius 3 is 2.62 bits per heavy atom. The van der Waals surface area contributed by atoms with Crippen molar-refractivity contribution in [2.45, 2.75) is 18.2 Å². The van der Waals surface area contributed by atoms with Gasteiger partial charge >= 0.3 is 5.97 Å². The highest BCUT2D eigenvalue weighted by atomic mass is 79.9. The van der Waals surface area contributed by atoms with Gasteiger partial charge in [0.05, 0.1) is 33.9 Å². The monoisotopic (exact) mass is 603 g/mol. The highest BCUT2D eigenvalue weighted by Gasteiger charge is 2.30. The summed E-state index contributed by atoms with van der Waals surface area (Å²) in [6.45, 7) is 1.25. The highest BCUT2D eigenvalue weighted by Crippen LogP contribution is 2.36. The van der Waals surface area contributed by atoms with Crippen molar-refractivity contribution in [3.63, 3.8) is 0 Å². The highest BCUT2D eigenvalue weighted by molar-refractivity contribution is 9.10. The molecule has 5 rings (SSSR count). The predicted octanol–water partition coefficient (Wildman–Crippen LogP) is 5.96. The number of nitriles is 1. The predicted molar refractivity (Wildman–Crippen MR) is 151 cm³/mol. The van der Waals surface area contributed by atoms with E-state index in [4.69, 9.17) is 14.4 Å². The van der Waals surface area contributed by atoms with Gasteiger partial charge in [-0.25, -0.2) is 8.42 Å². The van der Waals surface area contributed by atoms with Crippen LogP contribution in [0, 0.1) is 11.3 Å². The van der Waals surface area contributed by atoms with Crippen molar-refractivity contribution in [2.75, 3.05) is 17.5 Å². The number of carbonyl (C=O) groups excluding carboxylic acids is 1. The molecule has 0 aliphatic heterocycles. The summed E-state index contributed by atoms with van der Waals surface area (Å²) in [6.07, 6.45) is 1.99. The Morgan fingerprint density at radius 1 is 1.10 bits per heavy atom. The fourth-order valence-corrected chi connectivity index (χ4v) is 6.42. The van der Waals surface area contributed by atoms with Gasteiger partial charge in [0, 0.05) is 29.5 Å². The van der Waals surface area contributed by atoms with Crippen LogP contribution in [0.1, 0.15) is 23.8 Å². The molecule has 0 saturated carbocycles. The first kappa shape index (κ1) is 26.4. The average Bonchev–Trinajstić information content (AvgIpc) is 3.25. The number of nitrogens with zero attached hydrogens (tertiary/aromatic N) is 3. The van der Waals surface area contributed by atoms with Crippen molar-refractivity contribution >= 4 is 59.5 Å². The number of sulfonamides is 1. The molecule has 0 N–H and O–H groups in total. The Labute approximate surface area is 233 Å². The molecule has 3 aromatic carbocycles. The second kappa shape index (κ2) is 10.9. The van der Waals surface area contributed by atoms with E-state index in [9.17, 15) is 13.2 Å². The van der Waals surface area contributed by atoms with Crippen molar-refractivity contribution in [1.29, 1.82) is 5.26 Å². The van der Waals surface area contributed by atoms with Gasteiger partial charge in [0.2, 0.25) is 0 Å². The molecular weight excluding hydrogens is 582 g/mol. The molecule has 39 heavy (non-hydrogen) atoms. The van der Waals surface area contributed by atoms with Gasteiger partial charge in [-0.15, -0.1) is 0 Å². The summed E-state index contributed by atoms with van der Waals surface area (Å²) in [7, 11) is -4.23. The Balaban J connectivity index is 1.58. The molecule has 0 atom stereocenters. The van der Waals surface area contributed by atoms with Crippen molar-refractivity contribution in [2.24, 2.45) is 0 Å². The molecule has 0 fully saturated rings. The number of anilines is 1. The van der Waals surface area contributed by atoms with Gasteiger partial charge in [0.1, 0.15) is 22.8 Å². The molecule has 0 aliphatic carbocycles. The number of furan rings is 1. The van der Waals surface area contributed by atoms with Crippen molar-refractivity contribution in [3.05, 3.63) is 100 Å². The lowest BCUT2D eigenvalue weighted by Gasteiger charge is -2.24. The first-order valence-electron chi connectivity index (χ1n) is 12.0. The van der Waals surface area contributed by atoms with E-state index in [0.29, 0.717) is 34.2 Å². The molecular formula is C29H22BrN3O5S. The molecule has 0 spiro atoms. The Kier molecular flexibility index (Phi) is 7.37. The summed E-state index contributed by atoms with van der Waals surface area (Å²) < 4.78 is 41.0. The molecule has 0 amide bonds. The molecule has 5 aromatic rings. The Bertz CT molecular complexity index is 1840. The maximum absolute atomic E-state index is 14.0. The van der Waals surface area contributed by atoms with E-state index in [-0.39, 0.29) is 17.2 Å². The maximum atomic E-state index is 14.0. The second-order valence-corrected chi connectivity index (χ2v) is 11.3. The van der Waals surface area contributed by atoms with Gasteiger partial charge in [-0.2, -0.15) is 5.26 Å². The molecule has 2 heterocycles. The van der Waals surface area contributed by atoms with Crippen molar-refractivity contribution in [1.82, 2.24) is 4.98 Å². The summed E-state index contributed by atoms with van der Waals surface area (Å²) in [4.78, 5) is 16.8. The summed E-state index contributed by atoms with van der Waals surface area (Å²) in [6, 6.07) is 22.7. The van der Waals surface area contributed by atoms with Crippen LogP contribution >= 0.6 is 15.9 Å². The first-order valence-corrected chi connectivity index (χ1v) is 14.3. The number of esters is 1. The van der Waals surface area contributed by atoms with Gasteiger partial charge < -0.3 is 9.15 Å². The van der Waals surface area contributed by atoms with E-state index in [1.165, 1.54) is 12.3 Å². The van der Waals surface area contributed by atoms with Crippen LogP contribution in [0.2, 0.25) is 0 Å². The molecule has 196 valence electrons. The van der Waals surface area contributed by atoms with Crippen LogP contribution in [0.4, 0.5) is 5.69 Å². The van der Waals surface area contributed by atoms with Gasteiger partial charge in [0.25, 0.3) is 10.0 Å². The van der Waals surface area contributed by atoms with E-state index in [1.54, 1.807) is 61.5 Å². The maximum Gasteiger partial charge on any atom is 0.326 e. The molecule has 0 bridgehead atoms. The van der Waals surface area contributed by atoms with Gasteiger partial charge in [-0.1, -0.05) is 30.3 Å². The molecule has 0 aliphatic rings. The van der Waals surface area contributed by atoms with Gasteiger partial charge in [-0.3, -0.25) is 14.1 Å². The zero-order chi connectivity index (χ0) is 27.6. The Morgan fingerprint density at radius 2 is 1.87 bits per heavy atom. The third-order valence-corrected chi connectivity index (χ3v) is 8.83. The second-order valence-electron chi connectivity index (χ2n) is 8.65. The topological polar surface area (TPSA) is 113 Å². The van der Waals surface area contributed by atoms with Crippen LogP contribution in [0.5, 0.6) is 0 Å². The number of carbonyl (C=O) groups is 1. The lowest BCUT2D eigenvalue weighted by atomic mass is 10.1. The number of para-hydroxylation sites is 1. The molecule has 0 radical (unpaired) electrons. The fraction of sp³-hybridized carbons (Fsp3) is 0.138. The SMILES string of the molecule is CCOC(=O)CN(c1ccc2c(Br)c(Cc3ccc(C#N)cc3)oc2c1)S(=O)(=O)c1cccc2cccnc12. The van der Waals surface area contributed by atoms with Crippen LogP contribution in [0.3, 0.4) is 0 Å². The number of fused-ring (bicyclic) bond motifs is 2. The molecule has 10 heteroatoms. The normalized spacial score (nSPS) is 11.4.